The fraction of sp³-hybridized carbons (Fsp3) is 0.455. The van der Waals surface area contributed by atoms with E-state index in [1.54, 1.807) is 6.07 Å². The van der Waals surface area contributed by atoms with E-state index in [-0.39, 0.29) is 11.5 Å². The van der Waals surface area contributed by atoms with Gasteiger partial charge in [-0.3, -0.25) is 0 Å². The lowest BCUT2D eigenvalue weighted by molar-refractivity contribution is 0.402. The Balaban J connectivity index is 2.50. The molecule has 0 amide bonds. The van der Waals surface area contributed by atoms with Gasteiger partial charge in [0, 0.05) is 6.54 Å². The number of aryl methyl sites for hydroxylation is 1. The van der Waals surface area contributed by atoms with Gasteiger partial charge in [-0.05, 0) is 43.0 Å². The molecule has 82 valence electrons. The van der Waals surface area contributed by atoms with Crippen LogP contribution in [0.2, 0.25) is 5.02 Å². The Morgan fingerprint density at radius 3 is 2.80 bits per heavy atom. The summed E-state index contributed by atoms with van der Waals surface area (Å²) in [7, 11) is 0. The van der Waals surface area contributed by atoms with Crippen LogP contribution in [-0.2, 0) is 0 Å². The molecule has 0 radical (unpaired) electrons. The summed E-state index contributed by atoms with van der Waals surface area (Å²) in [4.78, 5) is 0. The molecule has 0 aromatic heterocycles. The first-order valence-corrected chi connectivity index (χ1v) is 5.40. The number of halogens is 1. The number of hydrogen-bond donors (Lipinski definition) is 3. The van der Waals surface area contributed by atoms with Gasteiger partial charge in [0.1, 0.15) is 0 Å². The Bertz CT molecular complexity index is 387. The fourth-order valence-electron chi connectivity index (χ4n) is 2.17. The minimum atomic E-state index is -0.204. The second kappa shape index (κ2) is 3.91. The van der Waals surface area contributed by atoms with Crippen molar-refractivity contribution in [2.45, 2.75) is 19.3 Å². The van der Waals surface area contributed by atoms with Gasteiger partial charge in [-0.15, -0.1) is 0 Å². The van der Waals surface area contributed by atoms with Crippen molar-refractivity contribution >= 4 is 11.6 Å². The molecule has 0 aliphatic carbocycles. The van der Waals surface area contributed by atoms with Gasteiger partial charge < -0.3 is 15.5 Å². The average molecular weight is 228 g/mol. The zero-order valence-corrected chi connectivity index (χ0v) is 9.30. The lowest BCUT2D eigenvalue weighted by atomic mass is 9.93. The second-order valence-electron chi connectivity index (χ2n) is 3.98. The first-order chi connectivity index (χ1) is 7.11. The molecule has 1 heterocycles. The molecular formula is C11H14ClNO2. The monoisotopic (exact) mass is 227 g/mol. The second-order valence-corrected chi connectivity index (χ2v) is 4.36. The Kier molecular flexibility index (Phi) is 2.76. The zero-order valence-electron chi connectivity index (χ0n) is 8.55. The number of aromatic hydroxyl groups is 2. The van der Waals surface area contributed by atoms with Crippen LogP contribution in [0.25, 0.3) is 0 Å². The maximum atomic E-state index is 9.57. The summed E-state index contributed by atoms with van der Waals surface area (Å²) in [5.74, 6) is -0.0135. The van der Waals surface area contributed by atoms with E-state index in [9.17, 15) is 10.2 Å². The summed E-state index contributed by atoms with van der Waals surface area (Å²) < 4.78 is 0. The Morgan fingerprint density at radius 2 is 2.20 bits per heavy atom. The summed E-state index contributed by atoms with van der Waals surface area (Å²) in [6.07, 6.45) is 1.02. The topological polar surface area (TPSA) is 52.5 Å². The smallest absolute Gasteiger partial charge is 0.176 e. The fourth-order valence-corrected chi connectivity index (χ4v) is 2.57. The number of hydrogen-bond acceptors (Lipinski definition) is 3. The Labute approximate surface area is 93.7 Å². The lowest BCUT2D eigenvalue weighted by Crippen LogP contribution is -2.09. The van der Waals surface area contributed by atoms with Crippen LogP contribution < -0.4 is 5.32 Å². The summed E-state index contributed by atoms with van der Waals surface area (Å²) in [5, 5.41) is 22.5. The van der Waals surface area contributed by atoms with Gasteiger partial charge in [-0.25, -0.2) is 0 Å². The standard InChI is InChI=1S/C11H14ClNO2/c1-6-4-8(14)11(15)10(12)9(6)7-2-3-13-5-7/h4,7,13-15H,2-3,5H2,1H3. The van der Waals surface area contributed by atoms with E-state index in [1.807, 2.05) is 6.92 Å². The minimum Gasteiger partial charge on any atom is -0.504 e. The molecule has 3 N–H and O–H groups in total. The van der Waals surface area contributed by atoms with Crippen LogP contribution in [0, 0.1) is 6.92 Å². The first kappa shape index (κ1) is 10.6. The Hall–Kier alpha value is -0.930. The van der Waals surface area contributed by atoms with E-state index in [0.717, 1.165) is 30.6 Å². The van der Waals surface area contributed by atoms with Crippen LogP contribution in [0.15, 0.2) is 6.07 Å². The van der Waals surface area contributed by atoms with E-state index < -0.39 is 0 Å². The first-order valence-electron chi connectivity index (χ1n) is 5.03. The van der Waals surface area contributed by atoms with E-state index >= 15 is 0 Å². The third kappa shape index (κ3) is 1.77. The van der Waals surface area contributed by atoms with E-state index in [4.69, 9.17) is 11.6 Å². The molecule has 1 aliphatic heterocycles. The van der Waals surface area contributed by atoms with Crippen LogP contribution in [-0.4, -0.2) is 23.3 Å². The van der Waals surface area contributed by atoms with Crippen molar-refractivity contribution in [3.05, 3.63) is 22.2 Å². The molecule has 1 unspecified atom stereocenters. The van der Waals surface area contributed by atoms with Gasteiger partial charge in [-0.1, -0.05) is 11.6 Å². The maximum Gasteiger partial charge on any atom is 0.176 e. The molecule has 0 saturated carbocycles. The lowest BCUT2D eigenvalue weighted by Gasteiger charge is -2.16. The predicted octanol–water partition coefficient (Wildman–Crippen LogP) is 2.14. The van der Waals surface area contributed by atoms with E-state index in [2.05, 4.69) is 5.32 Å². The van der Waals surface area contributed by atoms with Gasteiger partial charge in [0.05, 0.1) is 5.02 Å². The predicted molar refractivity (Wildman–Crippen MR) is 59.7 cm³/mol. The molecular weight excluding hydrogens is 214 g/mol. The van der Waals surface area contributed by atoms with Crippen LogP contribution >= 0.6 is 11.6 Å². The highest BCUT2D eigenvalue weighted by atomic mass is 35.5. The molecule has 4 heteroatoms. The minimum absolute atomic E-state index is 0.146. The highest BCUT2D eigenvalue weighted by Gasteiger charge is 2.24. The van der Waals surface area contributed by atoms with Gasteiger partial charge >= 0.3 is 0 Å². The highest BCUT2D eigenvalue weighted by Crippen LogP contribution is 2.42. The van der Waals surface area contributed by atoms with Gasteiger partial charge in [0.15, 0.2) is 11.5 Å². The van der Waals surface area contributed by atoms with Crippen molar-refractivity contribution in [2.24, 2.45) is 0 Å². The molecule has 2 rings (SSSR count). The molecule has 1 fully saturated rings. The van der Waals surface area contributed by atoms with Crippen molar-refractivity contribution in [1.82, 2.24) is 5.32 Å². The average Bonchev–Trinajstić information content (AvgIpc) is 2.68. The molecule has 3 nitrogen and oxygen atoms in total. The van der Waals surface area contributed by atoms with Crippen LogP contribution in [0.1, 0.15) is 23.5 Å². The normalized spacial score (nSPS) is 20.8. The summed E-state index contributed by atoms with van der Waals surface area (Å²) in [6.45, 7) is 3.76. The molecule has 1 aliphatic rings. The highest BCUT2D eigenvalue weighted by molar-refractivity contribution is 6.33. The van der Waals surface area contributed by atoms with Crippen LogP contribution in [0.3, 0.4) is 0 Å². The Morgan fingerprint density at radius 1 is 1.47 bits per heavy atom. The number of rotatable bonds is 1. The third-order valence-corrected chi connectivity index (χ3v) is 3.32. The van der Waals surface area contributed by atoms with Gasteiger partial charge in [0.2, 0.25) is 0 Å². The van der Waals surface area contributed by atoms with Crippen LogP contribution in [0.4, 0.5) is 0 Å². The number of phenols is 2. The molecule has 1 aromatic rings. The summed E-state index contributed by atoms with van der Waals surface area (Å²) in [5.41, 5.74) is 1.89. The quantitative estimate of drug-likeness (QED) is 0.645. The molecule has 0 bridgehead atoms. The molecule has 1 saturated heterocycles. The number of phenolic OH excluding ortho intramolecular Hbond substituents is 2. The van der Waals surface area contributed by atoms with E-state index in [1.165, 1.54) is 0 Å². The van der Waals surface area contributed by atoms with Gasteiger partial charge in [-0.2, -0.15) is 0 Å². The molecule has 0 spiro atoms. The van der Waals surface area contributed by atoms with Crippen molar-refractivity contribution in [3.8, 4) is 11.5 Å². The largest absolute Gasteiger partial charge is 0.504 e. The van der Waals surface area contributed by atoms with Crippen LogP contribution in [0.5, 0.6) is 11.5 Å². The number of nitrogens with one attached hydrogen (secondary N) is 1. The summed E-state index contributed by atoms with van der Waals surface area (Å²) >= 11 is 6.05. The van der Waals surface area contributed by atoms with Crippen molar-refractivity contribution in [3.63, 3.8) is 0 Å². The molecule has 1 aromatic carbocycles. The zero-order chi connectivity index (χ0) is 11.0. The third-order valence-electron chi connectivity index (χ3n) is 2.93. The van der Waals surface area contributed by atoms with E-state index in [0.29, 0.717) is 10.9 Å². The maximum absolute atomic E-state index is 9.57. The van der Waals surface area contributed by atoms with Crippen molar-refractivity contribution in [2.75, 3.05) is 13.1 Å². The van der Waals surface area contributed by atoms with Gasteiger partial charge in [0.25, 0.3) is 0 Å². The SMILES string of the molecule is Cc1cc(O)c(O)c(Cl)c1C1CCNC1. The molecule has 15 heavy (non-hydrogen) atoms. The molecule has 1 atom stereocenters. The summed E-state index contributed by atoms with van der Waals surface area (Å²) in [6, 6.07) is 1.56. The number of benzene rings is 1. The van der Waals surface area contributed by atoms with Crippen molar-refractivity contribution < 1.29 is 10.2 Å². The van der Waals surface area contributed by atoms with Crippen molar-refractivity contribution in [1.29, 1.82) is 0 Å².